The summed E-state index contributed by atoms with van der Waals surface area (Å²) in [6, 6.07) is 16.7. The van der Waals surface area contributed by atoms with Crippen LogP contribution >= 0.6 is 0 Å². The van der Waals surface area contributed by atoms with Gasteiger partial charge in [0.1, 0.15) is 11.6 Å². The van der Waals surface area contributed by atoms with Crippen LogP contribution in [0.3, 0.4) is 0 Å². The van der Waals surface area contributed by atoms with Gasteiger partial charge in [-0.1, -0.05) is 48.9 Å². The fourth-order valence-corrected chi connectivity index (χ4v) is 4.77. The Labute approximate surface area is 205 Å². The molecule has 4 rings (SSSR count). The van der Waals surface area contributed by atoms with Crippen LogP contribution in [0.1, 0.15) is 47.7 Å². The molecule has 1 amide bonds. The molecule has 1 aromatic heterocycles. The molecule has 0 aliphatic carbocycles. The van der Waals surface area contributed by atoms with E-state index < -0.39 is 17.9 Å². The van der Waals surface area contributed by atoms with Crippen LogP contribution in [0.5, 0.6) is 0 Å². The zero-order chi connectivity index (χ0) is 24.9. The van der Waals surface area contributed by atoms with Gasteiger partial charge in [-0.25, -0.2) is 0 Å². The minimum Gasteiger partial charge on any atom is -0.480 e. The quantitative estimate of drug-likeness (QED) is 0.526. The Bertz CT molecular complexity index is 1280. The number of nitrogens with one attached hydrogen (secondary N) is 1. The Balaban J connectivity index is 1.63. The lowest BCUT2D eigenvalue weighted by Gasteiger charge is -2.33. The van der Waals surface area contributed by atoms with Gasteiger partial charge < -0.3 is 15.0 Å². The molecule has 1 aliphatic rings. The summed E-state index contributed by atoms with van der Waals surface area (Å²) in [4.78, 5) is 39.9. The molecule has 1 saturated heterocycles. The number of hydrogen-bond acceptors (Lipinski definition) is 4. The SMILES string of the molecule is CCn1cc(CN2CCCCC2C(=O)O)cc(C(=O)Nc2cccc(-c3ccccc3)c2C)c1=O. The number of pyridine rings is 1. The van der Waals surface area contributed by atoms with Crippen molar-refractivity contribution in [3.05, 3.63) is 87.8 Å². The van der Waals surface area contributed by atoms with Gasteiger partial charge in [0.05, 0.1) is 0 Å². The maximum absolute atomic E-state index is 13.3. The van der Waals surface area contributed by atoms with Crippen LogP contribution in [-0.2, 0) is 17.9 Å². The van der Waals surface area contributed by atoms with Crippen LogP contribution in [-0.4, -0.2) is 39.0 Å². The number of aromatic nitrogens is 1. The van der Waals surface area contributed by atoms with E-state index in [0.717, 1.165) is 35.1 Å². The van der Waals surface area contributed by atoms with E-state index in [2.05, 4.69) is 5.32 Å². The maximum atomic E-state index is 13.3. The van der Waals surface area contributed by atoms with Gasteiger partial charge in [0.2, 0.25) is 0 Å². The second-order valence-corrected chi connectivity index (χ2v) is 8.97. The smallest absolute Gasteiger partial charge is 0.320 e. The molecule has 1 aliphatic heterocycles. The van der Waals surface area contributed by atoms with Crippen LogP contribution in [0.15, 0.2) is 65.6 Å². The van der Waals surface area contributed by atoms with Crippen molar-refractivity contribution >= 4 is 17.6 Å². The predicted molar refractivity (Wildman–Crippen MR) is 137 cm³/mol. The first kappa shape index (κ1) is 24.4. The second kappa shape index (κ2) is 10.7. The summed E-state index contributed by atoms with van der Waals surface area (Å²) in [6.45, 7) is 5.26. The molecule has 0 bridgehead atoms. The molecule has 3 aromatic rings. The van der Waals surface area contributed by atoms with Gasteiger partial charge in [0, 0.05) is 25.0 Å². The first-order valence-electron chi connectivity index (χ1n) is 12.1. The summed E-state index contributed by atoms with van der Waals surface area (Å²) in [5.74, 6) is -1.30. The van der Waals surface area contributed by atoms with E-state index in [1.807, 2.05) is 67.3 Å². The third-order valence-electron chi connectivity index (χ3n) is 6.68. The second-order valence-electron chi connectivity index (χ2n) is 8.97. The van der Waals surface area contributed by atoms with Gasteiger partial charge in [-0.2, -0.15) is 0 Å². The van der Waals surface area contributed by atoms with Crippen molar-refractivity contribution in [2.45, 2.75) is 52.2 Å². The Morgan fingerprint density at radius 3 is 2.57 bits per heavy atom. The van der Waals surface area contributed by atoms with Crippen molar-refractivity contribution in [2.75, 3.05) is 11.9 Å². The summed E-state index contributed by atoms with van der Waals surface area (Å²) in [5.41, 5.74) is 4.05. The standard InChI is InChI=1S/C28H31N3O4/c1-3-30-17-20(18-31-15-8-7-14-25(31)28(34)35)16-23(27(30)33)26(32)29-24-13-9-12-22(19(24)2)21-10-5-4-6-11-21/h4-6,9-13,16-17,25H,3,7-8,14-15,18H2,1-2H3,(H,29,32)(H,34,35). The summed E-state index contributed by atoms with van der Waals surface area (Å²) >= 11 is 0. The third-order valence-corrected chi connectivity index (χ3v) is 6.68. The highest BCUT2D eigenvalue weighted by Gasteiger charge is 2.28. The molecule has 182 valence electrons. The molecule has 1 fully saturated rings. The van der Waals surface area contributed by atoms with E-state index >= 15 is 0 Å². The molecule has 1 unspecified atom stereocenters. The van der Waals surface area contributed by atoms with E-state index in [1.54, 1.807) is 12.3 Å². The number of carboxylic acid groups (broad SMARTS) is 1. The third kappa shape index (κ3) is 5.35. The van der Waals surface area contributed by atoms with E-state index in [1.165, 1.54) is 4.57 Å². The van der Waals surface area contributed by atoms with Crippen LogP contribution in [0.2, 0.25) is 0 Å². The van der Waals surface area contributed by atoms with Gasteiger partial charge >= 0.3 is 5.97 Å². The Morgan fingerprint density at radius 2 is 1.86 bits per heavy atom. The number of hydrogen-bond donors (Lipinski definition) is 2. The van der Waals surface area contributed by atoms with Crippen molar-refractivity contribution in [2.24, 2.45) is 0 Å². The first-order valence-corrected chi connectivity index (χ1v) is 12.1. The number of aliphatic carboxylic acids is 1. The van der Waals surface area contributed by atoms with Crippen molar-refractivity contribution in [3.8, 4) is 11.1 Å². The normalized spacial score (nSPS) is 16.1. The van der Waals surface area contributed by atoms with Gasteiger partial charge in [-0.05, 0) is 67.6 Å². The lowest BCUT2D eigenvalue weighted by atomic mass is 9.99. The number of carbonyl (C=O) groups excluding carboxylic acids is 1. The van der Waals surface area contributed by atoms with E-state index in [9.17, 15) is 19.5 Å². The molecule has 2 heterocycles. The summed E-state index contributed by atoms with van der Waals surface area (Å²) < 4.78 is 1.51. The van der Waals surface area contributed by atoms with Crippen molar-refractivity contribution in [1.82, 2.24) is 9.47 Å². The number of amides is 1. The average molecular weight is 474 g/mol. The molecule has 7 nitrogen and oxygen atoms in total. The average Bonchev–Trinajstić information content (AvgIpc) is 2.87. The van der Waals surface area contributed by atoms with Crippen LogP contribution in [0, 0.1) is 6.92 Å². The maximum Gasteiger partial charge on any atom is 0.320 e. The van der Waals surface area contributed by atoms with Crippen LogP contribution in [0.4, 0.5) is 5.69 Å². The molecular weight excluding hydrogens is 442 g/mol. The Kier molecular flexibility index (Phi) is 7.46. The van der Waals surface area contributed by atoms with Crippen molar-refractivity contribution in [1.29, 1.82) is 0 Å². The van der Waals surface area contributed by atoms with Crippen LogP contribution in [0.25, 0.3) is 11.1 Å². The van der Waals surface area contributed by atoms with Gasteiger partial charge in [-0.15, -0.1) is 0 Å². The Morgan fingerprint density at radius 1 is 1.09 bits per heavy atom. The zero-order valence-corrected chi connectivity index (χ0v) is 20.2. The molecular formula is C28H31N3O4. The van der Waals surface area contributed by atoms with Gasteiger partial charge in [0.15, 0.2) is 0 Å². The molecule has 35 heavy (non-hydrogen) atoms. The molecule has 2 N–H and O–H groups in total. The number of likely N-dealkylation sites (tertiary alicyclic amines) is 1. The summed E-state index contributed by atoms with van der Waals surface area (Å²) in [5, 5.41) is 12.5. The molecule has 1 atom stereocenters. The largest absolute Gasteiger partial charge is 0.480 e. The number of piperidine rings is 1. The van der Waals surface area contributed by atoms with Gasteiger partial charge in [-0.3, -0.25) is 19.3 Å². The fourth-order valence-electron chi connectivity index (χ4n) is 4.77. The van der Waals surface area contributed by atoms with E-state index in [-0.39, 0.29) is 11.1 Å². The lowest BCUT2D eigenvalue weighted by Crippen LogP contribution is -2.44. The number of nitrogens with zero attached hydrogens (tertiary/aromatic N) is 2. The monoisotopic (exact) mass is 473 g/mol. The van der Waals surface area contributed by atoms with Crippen molar-refractivity contribution in [3.63, 3.8) is 0 Å². The van der Waals surface area contributed by atoms with E-state index in [0.29, 0.717) is 31.7 Å². The minimum atomic E-state index is -0.833. The number of aryl methyl sites for hydroxylation is 1. The molecule has 0 radical (unpaired) electrons. The zero-order valence-electron chi connectivity index (χ0n) is 20.2. The Hall–Kier alpha value is -3.71. The van der Waals surface area contributed by atoms with E-state index in [4.69, 9.17) is 0 Å². The number of carbonyl (C=O) groups is 2. The number of rotatable bonds is 7. The highest BCUT2D eigenvalue weighted by atomic mass is 16.4. The molecule has 7 heteroatoms. The predicted octanol–water partition coefficient (Wildman–Crippen LogP) is 4.54. The number of benzene rings is 2. The minimum absolute atomic E-state index is 0.0535. The topological polar surface area (TPSA) is 91.6 Å². The first-order chi connectivity index (χ1) is 16.9. The number of carboxylic acids is 1. The molecule has 0 spiro atoms. The number of anilines is 1. The van der Waals surface area contributed by atoms with Crippen molar-refractivity contribution < 1.29 is 14.7 Å². The lowest BCUT2D eigenvalue weighted by molar-refractivity contribution is -0.144. The summed E-state index contributed by atoms with van der Waals surface area (Å²) in [7, 11) is 0. The fraction of sp³-hybridized carbons (Fsp3) is 0.321. The van der Waals surface area contributed by atoms with Crippen LogP contribution < -0.4 is 10.9 Å². The molecule has 0 saturated carbocycles. The highest BCUT2D eigenvalue weighted by molar-refractivity contribution is 6.05. The van der Waals surface area contributed by atoms with Gasteiger partial charge in [0.25, 0.3) is 11.5 Å². The highest BCUT2D eigenvalue weighted by Crippen LogP contribution is 2.28. The molecule has 2 aromatic carbocycles. The summed E-state index contributed by atoms with van der Waals surface area (Å²) in [6.07, 6.45) is 4.15.